The maximum atomic E-state index is 13.3. The van der Waals surface area contributed by atoms with Gasteiger partial charge in [-0.1, -0.05) is 25.5 Å². The van der Waals surface area contributed by atoms with Crippen LogP contribution in [0.2, 0.25) is 0 Å². The molecule has 1 aliphatic heterocycles. The molecule has 0 N–H and O–H groups in total. The van der Waals surface area contributed by atoms with Crippen LogP contribution in [0, 0.1) is 5.92 Å². The van der Waals surface area contributed by atoms with Crippen LogP contribution in [0.25, 0.3) is 10.9 Å². The molecule has 25 heavy (non-hydrogen) atoms. The summed E-state index contributed by atoms with van der Waals surface area (Å²) in [7, 11) is 4.15. The van der Waals surface area contributed by atoms with E-state index in [1.165, 1.54) is 12.3 Å². The summed E-state index contributed by atoms with van der Waals surface area (Å²) in [5.74, 6) is 0.522. The first kappa shape index (κ1) is 18.0. The van der Waals surface area contributed by atoms with Gasteiger partial charge in [0.1, 0.15) is 0 Å². The molecule has 1 fully saturated rings. The Balaban J connectivity index is 2.02. The highest BCUT2D eigenvalue weighted by Crippen LogP contribution is 2.38. The van der Waals surface area contributed by atoms with Crippen LogP contribution in [0.1, 0.15) is 25.3 Å². The Hall–Kier alpha value is -1.82. The molecule has 2 atom stereocenters. The van der Waals surface area contributed by atoms with Gasteiger partial charge >= 0.3 is 6.18 Å². The molecule has 0 aliphatic carbocycles. The number of alkyl halides is 3. The number of nitrogens with zero attached hydrogens (tertiary/aromatic N) is 3. The molecule has 2 aromatic rings. The number of hydrogen-bond acceptors (Lipinski definition) is 3. The zero-order valence-corrected chi connectivity index (χ0v) is 14.8. The number of benzene rings is 1. The van der Waals surface area contributed by atoms with E-state index >= 15 is 0 Å². The summed E-state index contributed by atoms with van der Waals surface area (Å²) in [6.07, 6.45) is -0.674. The van der Waals surface area contributed by atoms with Crippen molar-refractivity contribution in [1.82, 2.24) is 9.88 Å². The molecular weight excluding hydrogens is 327 g/mol. The minimum atomic E-state index is -4.40. The second kappa shape index (κ2) is 6.83. The van der Waals surface area contributed by atoms with Crippen molar-refractivity contribution in [2.45, 2.75) is 32.0 Å². The Morgan fingerprint density at radius 2 is 1.96 bits per heavy atom. The first-order chi connectivity index (χ1) is 11.8. The number of hydrogen-bond donors (Lipinski definition) is 0. The van der Waals surface area contributed by atoms with Gasteiger partial charge in [0.05, 0.1) is 11.1 Å². The Labute approximate surface area is 146 Å². The second-order valence-corrected chi connectivity index (χ2v) is 7.01. The molecule has 1 saturated heterocycles. The predicted molar refractivity (Wildman–Crippen MR) is 94.8 cm³/mol. The van der Waals surface area contributed by atoms with Crippen LogP contribution in [0.4, 0.5) is 18.9 Å². The van der Waals surface area contributed by atoms with Crippen LogP contribution in [-0.4, -0.2) is 43.1 Å². The van der Waals surface area contributed by atoms with E-state index in [4.69, 9.17) is 0 Å². The monoisotopic (exact) mass is 351 g/mol. The second-order valence-electron chi connectivity index (χ2n) is 7.01. The van der Waals surface area contributed by atoms with Crippen molar-refractivity contribution in [2.75, 3.05) is 32.1 Å². The SMILES string of the molecule is CCC[C@@H]1CN(c2ccnc3c(C(F)(F)F)cccc23)C[C@H]1N(C)C. The largest absolute Gasteiger partial charge is 0.418 e. The summed E-state index contributed by atoms with van der Waals surface area (Å²) in [4.78, 5) is 8.48. The molecule has 0 spiro atoms. The van der Waals surface area contributed by atoms with Crippen molar-refractivity contribution in [2.24, 2.45) is 5.92 Å². The number of halogens is 3. The lowest BCUT2D eigenvalue weighted by molar-refractivity contribution is -0.136. The predicted octanol–water partition coefficient (Wildman–Crippen LogP) is 4.42. The Bertz CT molecular complexity index is 742. The van der Waals surface area contributed by atoms with Crippen LogP contribution >= 0.6 is 0 Å². The Morgan fingerprint density at radius 3 is 2.60 bits per heavy atom. The molecule has 1 aromatic heterocycles. The molecule has 3 nitrogen and oxygen atoms in total. The van der Waals surface area contributed by atoms with Gasteiger partial charge in [-0.05, 0) is 38.6 Å². The third kappa shape index (κ3) is 3.45. The molecule has 6 heteroatoms. The smallest absolute Gasteiger partial charge is 0.369 e. The van der Waals surface area contributed by atoms with Crippen molar-refractivity contribution >= 4 is 16.6 Å². The van der Waals surface area contributed by atoms with E-state index in [1.54, 1.807) is 6.07 Å². The van der Waals surface area contributed by atoms with Crippen LogP contribution in [0.15, 0.2) is 30.5 Å². The number of aromatic nitrogens is 1. The molecule has 3 rings (SSSR count). The van der Waals surface area contributed by atoms with Gasteiger partial charge in [-0.25, -0.2) is 0 Å². The van der Waals surface area contributed by atoms with Crippen LogP contribution in [-0.2, 0) is 6.18 Å². The van der Waals surface area contributed by atoms with Crippen LogP contribution in [0.3, 0.4) is 0 Å². The molecule has 2 heterocycles. The summed E-state index contributed by atoms with van der Waals surface area (Å²) in [5.41, 5.74) is 0.217. The number of pyridine rings is 1. The molecule has 1 aliphatic rings. The molecule has 0 saturated carbocycles. The van der Waals surface area contributed by atoms with Gasteiger partial charge in [0, 0.05) is 36.4 Å². The van der Waals surface area contributed by atoms with Gasteiger partial charge in [-0.15, -0.1) is 0 Å². The molecule has 0 amide bonds. The number of para-hydroxylation sites is 1. The lowest BCUT2D eigenvalue weighted by atomic mass is 9.98. The zero-order valence-electron chi connectivity index (χ0n) is 14.8. The number of anilines is 1. The standard InChI is InChI=1S/C19H24F3N3/c1-4-6-13-11-25(12-17(13)24(2)3)16-9-10-23-18-14(16)7-5-8-15(18)19(20,21)22/h5,7-10,13,17H,4,6,11-12H2,1-3H3/t13-,17-/m1/s1. The van der Waals surface area contributed by atoms with Gasteiger partial charge in [-0.3, -0.25) is 4.98 Å². The van der Waals surface area contributed by atoms with E-state index in [0.717, 1.165) is 37.7 Å². The first-order valence-corrected chi connectivity index (χ1v) is 8.69. The molecule has 0 bridgehead atoms. The van der Waals surface area contributed by atoms with Gasteiger partial charge in [0.25, 0.3) is 0 Å². The fourth-order valence-corrected chi connectivity index (χ4v) is 3.96. The van der Waals surface area contributed by atoms with Crippen molar-refractivity contribution in [1.29, 1.82) is 0 Å². The molecular formula is C19H24F3N3. The lowest BCUT2D eigenvalue weighted by Crippen LogP contribution is -2.35. The van der Waals surface area contributed by atoms with Crippen molar-refractivity contribution < 1.29 is 13.2 Å². The van der Waals surface area contributed by atoms with E-state index in [1.807, 2.05) is 6.07 Å². The van der Waals surface area contributed by atoms with Gasteiger partial charge in [-0.2, -0.15) is 13.2 Å². The average Bonchev–Trinajstić information content (AvgIpc) is 2.97. The average molecular weight is 351 g/mol. The normalized spacial score (nSPS) is 21.5. The highest BCUT2D eigenvalue weighted by molar-refractivity contribution is 5.93. The lowest BCUT2D eigenvalue weighted by Gasteiger charge is -2.24. The summed E-state index contributed by atoms with van der Waals surface area (Å²) in [5, 5.41) is 0.576. The summed E-state index contributed by atoms with van der Waals surface area (Å²) >= 11 is 0. The fourth-order valence-electron chi connectivity index (χ4n) is 3.96. The van der Waals surface area contributed by atoms with Gasteiger partial charge in [0.15, 0.2) is 0 Å². The number of rotatable bonds is 4. The van der Waals surface area contributed by atoms with Crippen molar-refractivity contribution in [3.63, 3.8) is 0 Å². The third-order valence-electron chi connectivity index (χ3n) is 5.12. The zero-order chi connectivity index (χ0) is 18.2. The molecule has 1 aromatic carbocycles. The van der Waals surface area contributed by atoms with Crippen LogP contribution in [0.5, 0.6) is 0 Å². The van der Waals surface area contributed by atoms with E-state index < -0.39 is 11.7 Å². The fraction of sp³-hybridized carbons (Fsp3) is 0.526. The summed E-state index contributed by atoms with van der Waals surface area (Å²) in [6, 6.07) is 6.56. The summed E-state index contributed by atoms with van der Waals surface area (Å²) < 4.78 is 39.9. The molecule has 0 radical (unpaired) electrons. The number of fused-ring (bicyclic) bond motifs is 1. The van der Waals surface area contributed by atoms with Gasteiger partial charge in [0.2, 0.25) is 0 Å². The first-order valence-electron chi connectivity index (χ1n) is 8.69. The highest BCUT2D eigenvalue weighted by Gasteiger charge is 2.36. The van der Waals surface area contributed by atoms with Crippen molar-refractivity contribution in [3.8, 4) is 0 Å². The highest BCUT2D eigenvalue weighted by atomic mass is 19.4. The summed E-state index contributed by atoms with van der Waals surface area (Å²) in [6.45, 7) is 3.87. The Morgan fingerprint density at radius 1 is 1.20 bits per heavy atom. The van der Waals surface area contributed by atoms with E-state index in [2.05, 4.69) is 35.8 Å². The van der Waals surface area contributed by atoms with Crippen molar-refractivity contribution in [3.05, 3.63) is 36.0 Å². The van der Waals surface area contributed by atoms with E-state index in [9.17, 15) is 13.2 Å². The van der Waals surface area contributed by atoms with Crippen LogP contribution < -0.4 is 4.90 Å². The quantitative estimate of drug-likeness (QED) is 0.813. The van der Waals surface area contributed by atoms with Gasteiger partial charge < -0.3 is 9.80 Å². The van der Waals surface area contributed by atoms with E-state index in [0.29, 0.717) is 17.3 Å². The maximum Gasteiger partial charge on any atom is 0.418 e. The minimum absolute atomic E-state index is 0.0350. The topological polar surface area (TPSA) is 19.4 Å². The number of likely N-dealkylation sites (N-methyl/N-ethyl adjacent to an activating group) is 1. The minimum Gasteiger partial charge on any atom is -0.369 e. The third-order valence-corrected chi connectivity index (χ3v) is 5.12. The Kier molecular flexibility index (Phi) is 4.91. The molecule has 136 valence electrons. The van der Waals surface area contributed by atoms with E-state index in [-0.39, 0.29) is 5.52 Å². The molecule has 0 unspecified atom stereocenters. The maximum absolute atomic E-state index is 13.3.